The first-order chi connectivity index (χ1) is 19.1. The van der Waals surface area contributed by atoms with Gasteiger partial charge in [0.05, 0.1) is 18.7 Å². The van der Waals surface area contributed by atoms with Gasteiger partial charge in [-0.3, -0.25) is 19.1 Å². The molecule has 0 bridgehead atoms. The maximum absolute atomic E-state index is 14.6. The van der Waals surface area contributed by atoms with Crippen LogP contribution in [-0.2, 0) is 13.2 Å². The predicted molar refractivity (Wildman–Crippen MR) is 146 cm³/mol. The van der Waals surface area contributed by atoms with Crippen LogP contribution in [0.5, 0.6) is 5.75 Å². The molecule has 0 aliphatic heterocycles. The standard InChI is InChI=1S/C29H30F2N4O5/c1-4-18(3)33-35-15-23(28(32)38)26(37)27(40-17-19-9-7-6-8-10-19)25(35)29(39)34(22(5-2)16-36)14-20-11-12-21(30)13-24(20)31/h4-13,15,18,22,33,36H,1-2,14,16-17H2,3H3,(H2,32,38)/t18?,22-/m0/s1. The van der Waals surface area contributed by atoms with Gasteiger partial charge in [-0.1, -0.05) is 48.6 Å². The lowest BCUT2D eigenvalue weighted by Crippen LogP contribution is -2.44. The maximum atomic E-state index is 14.6. The lowest BCUT2D eigenvalue weighted by molar-refractivity contribution is 0.0615. The number of hydrogen-bond donors (Lipinski definition) is 3. The van der Waals surface area contributed by atoms with Crippen LogP contribution in [0.15, 0.2) is 84.8 Å². The first-order valence-corrected chi connectivity index (χ1v) is 12.2. The number of amides is 2. The molecular formula is C29H30F2N4O5. The SMILES string of the molecule is C=CC(C)Nn1cc(C(N)=O)c(=O)c(OCc2ccccc2)c1C(=O)N(Cc1ccc(F)cc1F)[C@@H](C=C)CO. The molecule has 4 N–H and O–H groups in total. The molecule has 0 saturated carbocycles. The summed E-state index contributed by atoms with van der Waals surface area (Å²) in [5.74, 6) is -4.17. The molecule has 0 fully saturated rings. The minimum atomic E-state index is -1.06. The number of ether oxygens (including phenoxy) is 1. The summed E-state index contributed by atoms with van der Waals surface area (Å²) < 4.78 is 35.1. The molecule has 1 heterocycles. The Bertz CT molecular complexity index is 1460. The van der Waals surface area contributed by atoms with Crippen LogP contribution in [0.1, 0.15) is 38.9 Å². The van der Waals surface area contributed by atoms with Crippen molar-refractivity contribution in [3.8, 4) is 5.75 Å². The summed E-state index contributed by atoms with van der Waals surface area (Å²) in [6.07, 6.45) is 3.84. The van der Waals surface area contributed by atoms with Crippen molar-refractivity contribution < 1.29 is 28.2 Å². The number of aliphatic hydroxyl groups is 1. The van der Waals surface area contributed by atoms with Gasteiger partial charge in [-0.15, -0.1) is 13.2 Å². The molecule has 11 heteroatoms. The van der Waals surface area contributed by atoms with E-state index in [9.17, 15) is 28.3 Å². The number of pyridine rings is 1. The Morgan fingerprint density at radius 2 is 1.88 bits per heavy atom. The summed E-state index contributed by atoms with van der Waals surface area (Å²) in [5.41, 5.74) is 7.23. The fourth-order valence-electron chi connectivity index (χ4n) is 3.81. The van der Waals surface area contributed by atoms with E-state index in [0.717, 1.165) is 27.9 Å². The number of nitrogens with zero attached hydrogens (tertiary/aromatic N) is 2. The van der Waals surface area contributed by atoms with Crippen molar-refractivity contribution in [2.45, 2.75) is 32.2 Å². The fraction of sp³-hybridized carbons (Fsp3) is 0.207. The molecule has 2 atom stereocenters. The second kappa shape index (κ2) is 13.3. The number of rotatable bonds is 13. The summed E-state index contributed by atoms with van der Waals surface area (Å²) in [6.45, 7) is 7.86. The average molecular weight is 553 g/mol. The van der Waals surface area contributed by atoms with Crippen molar-refractivity contribution in [3.63, 3.8) is 0 Å². The Labute approximate surface area is 229 Å². The molecule has 0 aliphatic carbocycles. The highest BCUT2D eigenvalue weighted by Crippen LogP contribution is 2.23. The second-order valence-electron chi connectivity index (χ2n) is 8.87. The number of halogens is 2. The summed E-state index contributed by atoms with van der Waals surface area (Å²) >= 11 is 0. The lowest BCUT2D eigenvalue weighted by atomic mass is 10.1. The number of hydrogen-bond acceptors (Lipinski definition) is 6. The Hall–Kier alpha value is -4.77. The average Bonchev–Trinajstić information content (AvgIpc) is 2.94. The molecule has 3 aromatic rings. The van der Waals surface area contributed by atoms with Crippen LogP contribution in [0.2, 0.25) is 0 Å². The van der Waals surface area contributed by atoms with Gasteiger partial charge in [0.25, 0.3) is 11.8 Å². The van der Waals surface area contributed by atoms with E-state index < -0.39 is 65.4 Å². The van der Waals surface area contributed by atoms with Crippen molar-refractivity contribution in [1.82, 2.24) is 9.58 Å². The minimum absolute atomic E-state index is 0.0584. The van der Waals surface area contributed by atoms with E-state index >= 15 is 0 Å². The monoisotopic (exact) mass is 552 g/mol. The van der Waals surface area contributed by atoms with Gasteiger partial charge in [-0.2, -0.15) is 0 Å². The molecule has 3 rings (SSSR count). The molecule has 0 aliphatic rings. The van der Waals surface area contributed by atoms with E-state index in [4.69, 9.17) is 10.5 Å². The molecule has 2 amide bonds. The highest BCUT2D eigenvalue weighted by Gasteiger charge is 2.32. The van der Waals surface area contributed by atoms with E-state index in [2.05, 4.69) is 18.6 Å². The van der Waals surface area contributed by atoms with Gasteiger partial charge in [-0.05, 0) is 18.6 Å². The highest BCUT2D eigenvalue weighted by molar-refractivity contribution is 5.98. The quantitative estimate of drug-likeness (QED) is 0.280. The highest BCUT2D eigenvalue weighted by atomic mass is 19.1. The third kappa shape index (κ3) is 6.80. The number of primary amides is 1. The van der Waals surface area contributed by atoms with Gasteiger partial charge in [0.2, 0.25) is 5.43 Å². The first-order valence-electron chi connectivity index (χ1n) is 12.2. The number of carbonyl (C=O) groups excluding carboxylic acids is 2. The predicted octanol–water partition coefficient (Wildman–Crippen LogP) is 3.11. The zero-order valence-electron chi connectivity index (χ0n) is 21.8. The lowest BCUT2D eigenvalue weighted by Gasteiger charge is -2.31. The number of aliphatic hydroxyl groups excluding tert-OH is 1. The second-order valence-corrected chi connectivity index (χ2v) is 8.87. The van der Waals surface area contributed by atoms with Crippen molar-refractivity contribution >= 4 is 11.8 Å². The molecule has 9 nitrogen and oxygen atoms in total. The molecule has 1 aromatic heterocycles. The van der Waals surface area contributed by atoms with Crippen molar-refractivity contribution in [2.24, 2.45) is 5.73 Å². The van der Waals surface area contributed by atoms with Gasteiger partial charge in [0.15, 0.2) is 11.4 Å². The van der Waals surface area contributed by atoms with Crippen LogP contribution < -0.4 is 21.3 Å². The molecule has 0 radical (unpaired) electrons. The van der Waals surface area contributed by atoms with E-state index in [-0.39, 0.29) is 17.9 Å². The molecule has 1 unspecified atom stereocenters. The van der Waals surface area contributed by atoms with Gasteiger partial charge in [0.1, 0.15) is 23.8 Å². The normalized spacial score (nSPS) is 12.2. The molecule has 2 aromatic carbocycles. The number of carbonyl (C=O) groups is 2. The summed E-state index contributed by atoms with van der Waals surface area (Å²) in [7, 11) is 0. The van der Waals surface area contributed by atoms with E-state index in [1.165, 1.54) is 12.2 Å². The zero-order valence-corrected chi connectivity index (χ0v) is 21.8. The van der Waals surface area contributed by atoms with Crippen LogP contribution in [-0.4, -0.2) is 45.2 Å². The maximum Gasteiger partial charge on any atom is 0.277 e. The smallest absolute Gasteiger partial charge is 0.277 e. The molecule has 0 spiro atoms. The van der Waals surface area contributed by atoms with Crippen LogP contribution >= 0.6 is 0 Å². The van der Waals surface area contributed by atoms with E-state index in [0.29, 0.717) is 11.6 Å². The largest absolute Gasteiger partial charge is 0.482 e. The van der Waals surface area contributed by atoms with Gasteiger partial charge < -0.3 is 25.9 Å². The Morgan fingerprint density at radius 3 is 2.45 bits per heavy atom. The number of aromatic nitrogens is 1. The van der Waals surface area contributed by atoms with Gasteiger partial charge >= 0.3 is 0 Å². The van der Waals surface area contributed by atoms with Crippen LogP contribution in [0, 0.1) is 11.6 Å². The summed E-state index contributed by atoms with van der Waals surface area (Å²) in [6, 6.07) is 10.1. The first kappa shape index (κ1) is 29.8. The van der Waals surface area contributed by atoms with Crippen molar-refractivity contribution in [2.75, 3.05) is 12.0 Å². The van der Waals surface area contributed by atoms with Crippen LogP contribution in [0.25, 0.3) is 0 Å². The van der Waals surface area contributed by atoms with Crippen LogP contribution in [0.4, 0.5) is 8.78 Å². The molecular weight excluding hydrogens is 522 g/mol. The topological polar surface area (TPSA) is 127 Å². The van der Waals surface area contributed by atoms with Crippen molar-refractivity contribution in [3.05, 3.63) is 124 Å². The number of nitrogens with one attached hydrogen (secondary N) is 1. The van der Waals surface area contributed by atoms with Gasteiger partial charge in [0, 0.05) is 24.4 Å². The Morgan fingerprint density at radius 1 is 1.18 bits per heavy atom. The Kier molecular flexibility index (Phi) is 9.93. The van der Waals surface area contributed by atoms with Crippen molar-refractivity contribution in [1.29, 1.82) is 0 Å². The van der Waals surface area contributed by atoms with E-state index in [1.54, 1.807) is 37.3 Å². The third-order valence-electron chi connectivity index (χ3n) is 6.03. The molecule has 40 heavy (non-hydrogen) atoms. The number of benzene rings is 2. The van der Waals surface area contributed by atoms with Gasteiger partial charge in [-0.25, -0.2) is 8.78 Å². The fourth-order valence-corrected chi connectivity index (χ4v) is 3.81. The molecule has 0 saturated heterocycles. The third-order valence-corrected chi connectivity index (χ3v) is 6.03. The summed E-state index contributed by atoms with van der Waals surface area (Å²) in [4.78, 5) is 40.8. The minimum Gasteiger partial charge on any atom is -0.482 e. The zero-order chi connectivity index (χ0) is 29.4. The number of nitrogens with two attached hydrogens (primary N) is 1. The summed E-state index contributed by atoms with van der Waals surface area (Å²) in [5, 5.41) is 10.0. The molecule has 210 valence electrons. The van der Waals surface area contributed by atoms with E-state index in [1.807, 2.05) is 0 Å². The van der Waals surface area contributed by atoms with Crippen LogP contribution in [0.3, 0.4) is 0 Å². The Balaban J connectivity index is 2.25.